The Bertz CT molecular complexity index is 459. The molecule has 112 valence electrons. The highest BCUT2D eigenvalue weighted by molar-refractivity contribution is 6.33. The first kappa shape index (κ1) is 15.5. The van der Waals surface area contributed by atoms with Gasteiger partial charge >= 0.3 is 6.18 Å². The largest absolute Gasteiger partial charge is 0.418 e. The highest BCUT2D eigenvalue weighted by atomic mass is 35.5. The molecule has 0 heterocycles. The van der Waals surface area contributed by atoms with Gasteiger partial charge in [-0.2, -0.15) is 13.2 Å². The topological polar surface area (TPSA) is 12.0 Å². The summed E-state index contributed by atoms with van der Waals surface area (Å²) < 4.78 is 39.1. The van der Waals surface area contributed by atoms with Crippen molar-refractivity contribution in [1.29, 1.82) is 0 Å². The Morgan fingerprint density at radius 3 is 2.60 bits per heavy atom. The van der Waals surface area contributed by atoms with E-state index in [1.54, 1.807) is 0 Å². The summed E-state index contributed by atoms with van der Waals surface area (Å²) >= 11 is 5.96. The lowest BCUT2D eigenvalue weighted by molar-refractivity contribution is -0.137. The maximum atomic E-state index is 13.0. The van der Waals surface area contributed by atoms with E-state index in [2.05, 4.69) is 12.2 Å². The van der Waals surface area contributed by atoms with E-state index in [0.29, 0.717) is 5.92 Å². The van der Waals surface area contributed by atoms with Gasteiger partial charge in [-0.05, 0) is 37.3 Å². The van der Waals surface area contributed by atoms with Crippen LogP contribution in [0.2, 0.25) is 5.02 Å². The van der Waals surface area contributed by atoms with Crippen molar-refractivity contribution < 1.29 is 13.2 Å². The monoisotopic (exact) mass is 305 g/mol. The molecule has 1 aliphatic rings. The zero-order chi connectivity index (χ0) is 14.8. The van der Waals surface area contributed by atoms with Gasteiger partial charge < -0.3 is 5.32 Å². The van der Waals surface area contributed by atoms with Gasteiger partial charge in [0.05, 0.1) is 16.3 Å². The maximum Gasteiger partial charge on any atom is 0.418 e. The summed E-state index contributed by atoms with van der Waals surface area (Å²) in [5.74, 6) is 0.648. The van der Waals surface area contributed by atoms with Crippen molar-refractivity contribution in [1.82, 2.24) is 0 Å². The molecule has 0 bridgehead atoms. The first-order chi connectivity index (χ1) is 9.38. The standard InChI is InChI=1S/C15H19ClF3N/c1-10-4-2-5-11(9-8-10)20-14-12(15(17,18)19)6-3-7-13(14)16/h3,6-7,10-11,20H,2,4-5,8-9H2,1H3. The van der Waals surface area contributed by atoms with Crippen LogP contribution in [0.15, 0.2) is 18.2 Å². The summed E-state index contributed by atoms with van der Waals surface area (Å²) in [7, 11) is 0. The number of halogens is 4. The molecule has 1 nitrogen and oxygen atoms in total. The number of para-hydroxylation sites is 1. The molecule has 0 radical (unpaired) electrons. The Hall–Kier alpha value is -0.900. The van der Waals surface area contributed by atoms with Crippen molar-refractivity contribution in [3.63, 3.8) is 0 Å². The van der Waals surface area contributed by atoms with E-state index < -0.39 is 11.7 Å². The third kappa shape index (κ3) is 3.81. The Balaban J connectivity index is 2.20. The fraction of sp³-hybridized carbons (Fsp3) is 0.600. The zero-order valence-electron chi connectivity index (χ0n) is 11.4. The lowest BCUT2D eigenvalue weighted by Crippen LogP contribution is -2.21. The molecule has 0 saturated heterocycles. The normalized spacial score (nSPS) is 24.2. The molecule has 1 aliphatic carbocycles. The molecule has 2 atom stereocenters. The van der Waals surface area contributed by atoms with Crippen LogP contribution >= 0.6 is 11.6 Å². The third-order valence-electron chi connectivity index (χ3n) is 3.92. The second kappa shape index (κ2) is 6.25. The van der Waals surface area contributed by atoms with Crippen LogP contribution in [0.1, 0.15) is 44.6 Å². The minimum atomic E-state index is -4.38. The number of hydrogen-bond donors (Lipinski definition) is 1. The van der Waals surface area contributed by atoms with E-state index in [-0.39, 0.29) is 16.8 Å². The van der Waals surface area contributed by atoms with Crippen LogP contribution in [-0.2, 0) is 6.18 Å². The number of anilines is 1. The second-order valence-corrected chi connectivity index (χ2v) is 6.02. The predicted octanol–water partition coefficient (Wildman–Crippen LogP) is 5.74. The highest BCUT2D eigenvalue weighted by Gasteiger charge is 2.34. The van der Waals surface area contributed by atoms with Crippen molar-refractivity contribution >= 4 is 17.3 Å². The summed E-state index contributed by atoms with van der Waals surface area (Å²) in [6.45, 7) is 2.19. The van der Waals surface area contributed by atoms with Crippen LogP contribution in [-0.4, -0.2) is 6.04 Å². The Labute approximate surface area is 122 Å². The van der Waals surface area contributed by atoms with Crippen LogP contribution in [0, 0.1) is 5.92 Å². The van der Waals surface area contributed by atoms with Crippen molar-refractivity contribution in [2.45, 2.75) is 51.2 Å². The van der Waals surface area contributed by atoms with E-state index in [4.69, 9.17) is 11.6 Å². The molecule has 0 aliphatic heterocycles. The van der Waals surface area contributed by atoms with Crippen LogP contribution < -0.4 is 5.32 Å². The summed E-state index contributed by atoms with van der Waals surface area (Å²) in [5.41, 5.74) is -0.650. The van der Waals surface area contributed by atoms with Gasteiger partial charge in [0.2, 0.25) is 0 Å². The van der Waals surface area contributed by atoms with Crippen LogP contribution in [0.4, 0.5) is 18.9 Å². The van der Waals surface area contributed by atoms with Gasteiger partial charge in [0.25, 0.3) is 0 Å². The molecule has 1 fully saturated rings. The summed E-state index contributed by atoms with van der Waals surface area (Å²) in [4.78, 5) is 0. The molecule has 1 aromatic carbocycles. The lowest BCUT2D eigenvalue weighted by Gasteiger charge is -2.22. The van der Waals surface area contributed by atoms with Crippen LogP contribution in [0.5, 0.6) is 0 Å². The number of benzene rings is 1. The second-order valence-electron chi connectivity index (χ2n) is 5.61. The molecule has 5 heteroatoms. The van der Waals surface area contributed by atoms with Gasteiger partial charge in [-0.1, -0.05) is 37.4 Å². The first-order valence-corrected chi connectivity index (χ1v) is 7.38. The minimum Gasteiger partial charge on any atom is -0.381 e. The van der Waals surface area contributed by atoms with E-state index in [1.165, 1.54) is 12.1 Å². The SMILES string of the molecule is CC1CCCC(Nc2c(Cl)cccc2C(F)(F)F)CC1. The summed E-state index contributed by atoms with van der Waals surface area (Å²) in [6.07, 6.45) is 0.642. The molecule has 1 aromatic rings. The molecular weight excluding hydrogens is 287 g/mol. The van der Waals surface area contributed by atoms with Crippen LogP contribution in [0.25, 0.3) is 0 Å². The average molecular weight is 306 g/mol. The maximum absolute atomic E-state index is 13.0. The molecule has 0 aromatic heterocycles. The molecule has 2 rings (SSSR count). The van der Waals surface area contributed by atoms with Gasteiger partial charge in [0.1, 0.15) is 0 Å². The predicted molar refractivity (Wildman–Crippen MR) is 76.1 cm³/mol. The van der Waals surface area contributed by atoms with Gasteiger partial charge in [-0.3, -0.25) is 0 Å². The highest BCUT2D eigenvalue weighted by Crippen LogP contribution is 2.39. The Morgan fingerprint density at radius 1 is 1.15 bits per heavy atom. The quantitative estimate of drug-likeness (QED) is 0.687. The third-order valence-corrected chi connectivity index (χ3v) is 4.24. The summed E-state index contributed by atoms with van der Waals surface area (Å²) in [5, 5.41) is 3.17. The van der Waals surface area contributed by atoms with Gasteiger partial charge in [0, 0.05) is 6.04 Å². The summed E-state index contributed by atoms with van der Waals surface area (Å²) in [6, 6.07) is 3.98. The van der Waals surface area contributed by atoms with E-state index in [9.17, 15) is 13.2 Å². The van der Waals surface area contributed by atoms with E-state index in [1.807, 2.05) is 0 Å². The molecular formula is C15H19ClF3N. The smallest absolute Gasteiger partial charge is 0.381 e. The Morgan fingerprint density at radius 2 is 1.90 bits per heavy atom. The number of alkyl halides is 3. The average Bonchev–Trinajstić information content (AvgIpc) is 2.55. The van der Waals surface area contributed by atoms with Gasteiger partial charge in [0.15, 0.2) is 0 Å². The van der Waals surface area contributed by atoms with Gasteiger partial charge in [-0.25, -0.2) is 0 Å². The van der Waals surface area contributed by atoms with Crippen molar-refractivity contribution in [2.75, 3.05) is 5.32 Å². The molecule has 1 N–H and O–H groups in total. The van der Waals surface area contributed by atoms with Crippen molar-refractivity contribution in [2.24, 2.45) is 5.92 Å². The van der Waals surface area contributed by atoms with E-state index in [0.717, 1.165) is 38.2 Å². The fourth-order valence-corrected chi connectivity index (χ4v) is 2.97. The molecule has 0 spiro atoms. The van der Waals surface area contributed by atoms with Crippen molar-refractivity contribution in [3.8, 4) is 0 Å². The molecule has 1 saturated carbocycles. The van der Waals surface area contributed by atoms with Crippen LogP contribution in [0.3, 0.4) is 0 Å². The van der Waals surface area contributed by atoms with Gasteiger partial charge in [-0.15, -0.1) is 0 Å². The molecule has 20 heavy (non-hydrogen) atoms. The zero-order valence-corrected chi connectivity index (χ0v) is 12.2. The number of rotatable bonds is 2. The molecule has 2 unspecified atom stereocenters. The number of hydrogen-bond acceptors (Lipinski definition) is 1. The Kier molecular flexibility index (Phi) is 4.84. The van der Waals surface area contributed by atoms with Crippen molar-refractivity contribution in [3.05, 3.63) is 28.8 Å². The van der Waals surface area contributed by atoms with E-state index >= 15 is 0 Å². The lowest BCUT2D eigenvalue weighted by atomic mass is 10.0. The fourth-order valence-electron chi connectivity index (χ4n) is 2.74. The molecule has 0 amide bonds. The first-order valence-electron chi connectivity index (χ1n) is 7.00. The minimum absolute atomic E-state index is 0.0289. The number of nitrogens with one attached hydrogen (secondary N) is 1.